The van der Waals surface area contributed by atoms with Gasteiger partial charge < -0.3 is 20.5 Å². The van der Waals surface area contributed by atoms with Crippen molar-refractivity contribution in [1.29, 1.82) is 0 Å². The summed E-state index contributed by atoms with van der Waals surface area (Å²) < 4.78 is 10.7. The fourth-order valence-corrected chi connectivity index (χ4v) is 1.57. The number of amides is 1. The van der Waals surface area contributed by atoms with Crippen molar-refractivity contribution < 1.29 is 14.3 Å². The summed E-state index contributed by atoms with van der Waals surface area (Å²) in [5, 5.41) is 2.84. The summed E-state index contributed by atoms with van der Waals surface area (Å²) in [5.74, 6) is 1.15. The van der Waals surface area contributed by atoms with Gasteiger partial charge in [0.15, 0.2) is 11.5 Å². The van der Waals surface area contributed by atoms with Crippen LogP contribution in [0.25, 0.3) is 0 Å². The maximum absolute atomic E-state index is 11.6. The van der Waals surface area contributed by atoms with Crippen LogP contribution in [0.4, 0.5) is 0 Å². The number of nitrogens with one attached hydrogen (secondary N) is 1. The van der Waals surface area contributed by atoms with Crippen LogP contribution in [0.5, 0.6) is 11.5 Å². The van der Waals surface area contributed by atoms with Crippen molar-refractivity contribution in [3.8, 4) is 11.5 Å². The lowest BCUT2D eigenvalue weighted by Crippen LogP contribution is -2.32. The predicted molar refractivity (Wildman–Crippen MR) is 74.2 cm³/mol. The van der Waals surface area contributed by atoms with E-state index in [1.807, 2.05) is 25.1 Å². The number of rotatable bonds is 7. The monoisotopic (exact) mass is 266 g/mol. The molecule has 1 rings (SSSR count). The van der Waals surface area contributed by atoms with Crippen LogP contribution in [0, 0.1) is 5.92 Å². The zero-order chi connectivity index (χ0) is 14.3. The summed E-state index contributed by atoms with van der Waals surface area (Å²) in [5.41, 5.74) is 6.40. The lowest BCUT2D eigenvalue weighted by molar-refractivity contribution is -0.124. The molecule has 0 aliphatic heterocycles. The highest BCUT2D eigenvalue weighted by Crippen LogP contribution is 2.27. The summed E-state index contributed by atoms with van der Waals surface area (Å²) in [6, 6.07) is 5.61. The van der Waals surface area contributed by atoms with Crippen LogP contribution in [-0.4, -0.2) is 26.2 Å². The second-order valence-corrected chi connectivity index (χ2v) is 4.27. The Labute approximate surface area is 114 Å². The van der Waals surface area contributed by atoms with E-state index in [0.29, 0.717) is 31.2 Å². The zero-order valence-electron chi connectivity index (χ0n) is 11.7. The van der Waals surface area contributed by atoms with E-state index >= 15 is 0 Å². The van der Waals surface area contributed by atoms with Crippen LogP contribution in [-0.2, 0) is 11.3 Å². The third-order valence-electron chi connectivity index (χ3n) is 2.80. The van der Waals surface area contributed by atoms with Gasteiger partial charge >= 0.3 is 0 Å². The predicted octanol–water partition coefficient (Wildman–Crippen LogP) is 1.30. The van der Waals surface area contributed by atoms with Crippen molar-refractivity contribution in [2.24, 2.45) is 11.7 Å². The number of benzene rings is 1. The molecule has 0 aliphatic carbocycles. The smallest absolute Gasteiger partial charge is 0.224 e. The average molecular weight is 266 g/mol. The Morgan fingerprint density at radius 3 is 2.74 bits per heavy atom. The first-order valence-electron chi connectivity index (χ1n) is 6.39. The molecule has 1 aromatic rings. The number of carbonyl (C=O) groups excluding carboxylic acids is 1. The van der Waals surface area contributed by atoms with E-state index in [0.717, 1.165) is 5.56 Å². The van der Waals surface area contributed by atoms with Crippen molar-refractivity contribution in [2.75, 3.05) is 20.3 Å². The maximum Gasteiger partial charge on any atom is 0.224 e. The molecule has 19 heavy (non-hydrogen) atoms. The van der Waals surface area contributed by atoms with Crippen molar-refractivity contribution in [3.63, 3.8) is 0 Å². The quantitative estimate of drug-likeness (QED) is 0.780. The molecule has 0 saturated heterocycles. The van der Waals surface area contributed by atoms with Gasteiger partial charge in [0, 0.05) is 19.0 Å². The van der Waals surface area contributed by atoms with Crippen LogP contribution in [0.3, 0.4) is 0 Å². The van der Waals surface area contributed by atoms with Gasteiger partial charge in [-0.05, 0) is 24.6 Å². The highest BCUT2D eigenvalue weighted by Gasteiger charge is 2.11. The first kappa shape index (κ1) is 15.3. The van der Waals surface area contributed by atoms with Crippen molar-refractivity contribution in [3.05, 3.63) is 23.8 Å². The molecule has 0 bridgehead atoms. The van der Waals surface area contributed by atoms with E-state index in [4.69, 9.17) is 15.2 Å². The van der Waals surface area contributed by atoms with Gasteiger partial charge in [0.25, 0.3) is 0 Å². The Hall–Kier alpha value is -1.75. The molecule has 1 atom stereocenters. The Bertz CT molecular complexity index is 421. The van der Waals surface area contributed by atoms with Crippen molar-refractivity contribution in [1.82, 2.24) is 5.32 Å². The molecule has 0 spiro atoms. The first-order valence-corrected chi connectivity index (χ1v) is 6.39. The van der Waals surface area contributed by atoms with Gasteiger partial charge in [0.2, 0.25) is 5.91 Å². The SMILES string of the molecule is CCOc1ccc(CNC(=O)C(C)CN)cc1OC. The van der Waals surface area contributed by atoms with E-state index < -0.39 is 0 Å². The van der Waals surface area contributed by atoms with E-state index in [1.165, 1.54) is 0 Å². The Morgan fingerprint density at radius 2 is 2.16 bits per heavy atom. The molecule has 0 aliphatic rings. The van der Waals surface area contributed by atoms with Crippen LogP contribution in [0.15, 0.2) is 18.2 Å². The van der Waals surface area contributed by atoms with Crippen molar-refractivity contribution in [2.45, 2.75) is 20.4 Å². The number of nitrogens with two attached hydrogens (primary N) is 1. The Kier molecular flexibility index (Phi) is 6.15. The molecule has 0 fully saturated rings. The molecule has 0 saturated carbocycles. The van der Waals surface area contributed by atoms with Gasteiger partial charge in [-0.1, -0.05) is 13.0 Å². The molecule has 1 amide bonds. The van der Waals surface area contributed by atoms with E-state index in [9.17, 15) is 4.79 Å². The largest absolute Gasteiger partial charge is 0.493 e. The molecule has 106 valence electrons. The molecule has 5 nitrogen and oxygen atoms in total. The average Bonchev–Trinajstić information content (AvgIpc) is 2.45. The normalized spacial score (nSPS) is 11.8. The molecule has 0 aromatic heterocycles. The van der Waals surface area contributed by atoms with Gasteiger partial charge in [-0.3, -0.25) is 4.79 Å². The molecule has 0 heterocycles. The maximum atomic E-state index is 11.6. The topological polar surface area (TPSA) is 73.6 Å². The summed E-state index contributed by atoms with van der Waals surface area (Å²) in [7, 11) is 1.59. The highest BCUT2D eigenvalue weighted by atomic mass is 16.5. The number of methoxy groups -OCH3 is 1. The van der Waals surface area contributed by atoms with Crippen LogP contribution >= 0.6 is 0 Å². The van der Waals surface area contributed by atoms with Crippen LogP contribution in [0.1, 0.15) is 19.4 Å². The van der Waals surface area contributed by atoms with Crippen LogP contribution < -0.4 is 20.5 Å². The summed E-state index contributed by atoms with van der Waals surface area (Å²) in [4.78, 5) is 11.6. The zero-order valence-corrected chi connectivity index (χ0v) is 11.7. The summed E-state index contributed by atoms with van der Waals surface area (Å²) in [6.07, 6.45) is 0. The Balaban J connectivity index is 2.67. The summed E-state index contributed by atoms with van der Waals surface area (Å²) >= 11 is 0. The number of hydrogen-bond acceptors (Lipinski definition) is 4. The second-order valence-electron chi connectivity index (χ2n) is 4.27. The fourth-order valence-electron chi connectivity index (χ4n) is 1.57. The number of carbonyl (C=O) groups is 1. The lowest BCUT2D eigenvalue weighted by atomic mass is 10.1. The molecular formula is C14H22N2O3. The minimum atomic E-state index is -0.176. The minimum absolute atomic E-state index is 0.0460. The molecule has 0 radical (unpaired) electrons. The van der Waals surface area contributed by atoms with Crippen LogP contribution in [0.2, 0.25) is 0 Å². The standard InChI is InChI=1S/C14H22N2O3/c1-4-19-12-6-5-11(7-13(12)18-3)9-16-14(17)10(2)8-15/h5-7,10H,4,8-9,15H2,1-3H3,(H,16,17). The van der Waals surface area contributed by atoms with Gasteiger partial charge in [-0.15, -0.1) is 0 Å². The second kappa shape index (κ2) is 7.63. The third kappa shape index (κ3) is 4.44. The Morgan fingerprint density at radius 1 is 1.42 bits per heavy atom. The van der Waals surface area contributed by atoms with E-state index in [1.54, 1.807) is 14.0 Å². The van der Waals surface area contributed by atoms with Gasteiger partial charge in [-0.2, -0.15) is 0 Å². The van der Waals surface area contributed by atoms with Gasteiger partial charge in [0.05, 0.1) is 13.7 Å². The lowest BCUT2D eigenvalue weighted by Gasteiger charge is -2.13. The van der Waals surface area contributed by atoms with Crippen molar-refractivity contribution >= 4 is 5.91 Å². The number of ether oxygens (including phenoxy) is 2. The molecule has 1 unspecified atom stereocenters. The highest BCUT2D eigenvalue weighted by molar-refractivity contribution is 5.78. The molecule has 5 heteroatoms. The fraction of sp³-hybridized carbons (Fsp3) is 0.500. The molecule has 1 aromatic carbocycles. The molecule has 3 N–H and O–H groups in total. The third-order valence-corrected chi connectivity index (χ3v) is 2.80. The number of hydrogen-bond donors (Lipinski definition) is 2. The van der Waals surface area contributed by atoms with E-state index in [2.05, 4.69) is 5.32 Å². The van der Waals surface area contributed by atoms with Gasteiger partial charge in [-0.25, -0.2) is 0 Å². The first-order chi connectivity index (χ1) is 9.12. The summed E-state index contributed by atoms with van der Waals surface area (Å²) in [6.45, 7) is 5.10. The van der Waals surface area contributed by atoms with Gasteiger partial charge in [0.1, 0.15) is 0 Å². The molecular weight excluding hydrogens is 244 g/mol. The van der Waals surface area contributed by atoms with E-state index in [-0.39, 0.29) is 11.8 Å². The minimum Gasteiger partial charge on any atom is -0.493 e.